The van der Waals surface area contributed by atoms with Crippen LogP contribution >= 0.6 is 0 Å². The molecular weight excluding hydrogens is 190 g/mol. The summed E-state index contributed by atoms with van der Waals surface area (Å²) < 4.78 is 5.82. The van der Waals surface area contributed by atoms with Gasteiger partial charge < -0.3 is 10.5 Å². The molecule has 1 heterocycles. The number of anilines is 1. The fourth-order valence-electron chi connectivity index (χ4n) is 1.16. The van der Waals surface area contributed by atoms with E-state index in [1.54, 1.807) is 0 Å². The Bertz CT molecular complexity index is 337. The van der Waals surface area contributed by atoms with E-state index in [9.17, 15) is 0 Å². The summed E-state index contributed by atoms with van der Waals surface area (Å²) in [5.74, 6) is 1.12. The van der Waals surface area contributed by atoms with E-state index in [1.807, 2.05) is 20.8 Å². The molecule has 2 N–H and O–H groups in total. The molecule has 0 aliphatic heterocycles. The minimum absolute atomic E-state index is 0.218. The molecule has 0 fully saturated rings. The molecule has 0 aromatic carbocycles. The molecule has 0 radical (unpaired) electrons. The second kappa shape index (κ2) is 4.47. The topological polar surface area (TPSA) is 61.0 Å². The van der Waals surface area contributed by atoms with Crippen LogP contribution in [0.15, 0.2) is 6.33 Å². The molecule has 84 valence electrons. The molecule has 0 saturated heterocycles. The highest BCUT2D eigenvalue weighted by Gasteiger charge is 2.20. The summed E-state index contributed by atoms with van der Waals surface area (Å²) in [6.07, 6.45) is 3.14. The van der Waals surface area contributed by atoms with Crippen LogP contribution in [0.4, 0.5) is 5.82 Å². The first-order chi connectivity index (χ1) is 7.00. The fraction of sp³-hybridized carbons (Fsp3) is 0.636. The second-order valence-corrected chi connectivity index (χ2v) is 4.11. The Hall–Kier alpha value is -1.32. The third-order valence-corrected chi connectivity index (χ3v) is 2.52. The molecule has 0 spiro atoms. The monoisotopic (exact) mass is 209 g/mol. The number of nitrogens with zero attached hydrogens (tertiary/aromatic N) is 2. The smallest absolute Gasteiger partial charge is 0.222 e. The van der Waals surface area contributed by atoms with Crippen molar-refractivity contribution in [3.8, 4) is 5.88 Å². The molecule has 0 saturated carbocycles. The molecule has 1 rings (SSSR count). The van der Waals surface area contributed by atoms with Gasteiger partial charge in [0.2, 0.25) is 5.88 Å². The molecule has 0 unspecified atom stereocenters. The summed E-state index contributed by atoms with van der Waals surface area (Å²) in [6, 6.07) is 0. The van der Waals surface area contributed by atoms with Gasteiger partial charge in [0.25, 0.3) is 0 Å². The second-order valence-electron chi connectivity index (χ2n) is 4.11. The lowest BCUT2D eigenvalue weighted by Crippen LogP contribution is -2.28. The lowest BCUT2D eigenvalue weighted by molar-refractivity contribution is 0.0975. The van der Waals surface area contributed by atoms with Gasteiger partial charge in [-0.2, -0.15) is 0 Å². The van der Waals surface area contributed by atoms with E-state index in [4.69, 9.17) is 10.5 Å². The van der Waals surface area contributed by atoms with E-state index in [0.29, 0.717) is 11.7 Å². The molecule has 0 aliphatic rings. The molecule has 0 bridgehead atoms. The van der Waals surface area contributed by atoms with Gasteiger partial charge >= 0.3 is 0 Å². The molecule has 15 heavy (non-hydrogen) atoms. The quantitative estimate of drug-likeness (QED) is 0.825. The zero-order valence-corrected chi connectivity index (χ0v) is 9.87. The molecule has 4 heteroatoms. The standard InChI is InChI=1S/C11H19N3O/c1-5-8-9(12)13-7-14-10(8)15-11(3,4)6-2/h7H,5-6H2,1-4H3,(H2,12,13,14). The van der Waals surface area contributed by atoms with Crippen molar-refractivity contribution in [2.45, 2.75) is 46.1 Å². The minimum Gasteiger partial charge on any atom is -0.471 e. The lowest BCUT2D eigenvalue weighted by Gasteiger charge is -2.25. The van der Waals surface area contributed by atoms with E-state index < -0.39 is 0 Å². The van der Waals surface area contributed by atoms with Gasteiger partial charge in [0.15, 0.2) is 0 Å². The number of ether oxygens (including phenoxy) is 1. The summed E-state index contributed by atoms with van der Waals surface area (Å²) in [7, 11) is 0. The predicted octanol–water partition coefficient (Wildman–Crippen LogP) is 2.19. The van der Waals surface area contributed by atoms with Crippen molar-refractivity contribution in [2.75, 3.05) is 5.73 Å². The first-order valence-electron chi connectivity index (χ1n) is 5.28. The van der Waals surface area contributed by atoms with Crippen LogP contribution in [0.1, 0.15) is 39.7 Å². The Morgan fingerprint density at radius 2 is 2.00 bits per heavy atom. The Morgan fingerprint density at radius 3 is 2.53 bits per heavy atom. The van der Waals surface area contributed by atoms with E-state index in [1.165, 1.54) is 6.33 Å². The van der Waals surface area contributed by atoms with Crippen molar-refractivity contribution >= 4 is 5.82 Å². The largest absolute Gasteiger partial charge is 0.471 e. The van der Waals surface area contributed by atoms with Crippen LogP contribution in [0, 0.1) is 0 Å². The van der Waals surface area contributed by atoms with Crippen molar-refractivity contribution in [3.63, 3.8) is 0 Å². The maximum Gasteiger partial charge on any atom is 0.222 e. The van der Waals surface area contributed by atoms with Gasteiger partial charge in [0.1, 0.15) is 17.7 Å². The molecule has 0 atom stereocenters. The highest BCUT2D eigenvalue weighted by Crippen LogP contribution is 2.25. The lowest BCUT2D eigenvalue weighted by atomic mass is 10.1. The number of aromatic nitrogens is 2. The van der Waals surface area contributed by atoms with E-state index >= 15 is 0 Å². The average Bonchev–Trinajstić information content (AvgIpc) is 2.18. The van der Waals surface area contributed by atoms with E-state index in [2.05, 4.69) is 16.9 Å². The van der Waals surface area contributed by atoms with Crippen molar-refractivity contribution in [1.82, 2.24) is 9.97 Å². The van der Waals surface area contributed by atoms with Crippen LogP contribution in [0.2, 0.25) is 0 Å². The summed E-state index contributed by atoms with van der Waals surface area (Å²) in [4.78, 5) is 8.08. The number of hydrogen-bond acceptors (Lipinski definition) is 4. The first-order valence-corrected chi connectivity index (χ1v) is 5.28. The molecule has 0 aliphatic carbocycles. The first kappa shape index (κ1) is 11.8. The van der Waals surface area contributed by atoms with Gasteiger partial charge in [0, 0.05) is 0 Å². The highest BCUT2D eigenvalue weighted by molar-refractivity contribution is 5.44. The molecule has 1 aromatic heterocycles. The maximum atomic E-state index is 5.82. The Kier molecular flexibility index (Phi) is 3.50. The summed E-state index contributed by atoms with van der Waals surface area (Å²) in [6.45, 7) is 8.16. The average molecular weight is 209 g/mol. The number of rotatable bonds is 4. The summed E-state index contributed by atoms with van der Waals surface area (Å²) >= 11 is 0. The van der Waals surface area contributed by atoms with Gasteiger partial charge in [-0.15, -0.1) is 0 Å². The Balaban J connectivity index is 2.99. The van der Waals surface area contributed by atoms with Gasteiger partial charge in [0.05, 0.1) is 5.56 Å². The normalized spacial score (nSPS) is 11.5. The van der Waals surface area contributed by atoms with Crippen LogP contribution < -0.4 is 10.5 Å². The minimum atomic E-state index is -0.218. The van der Waals surface area contributed by atoms with Crippen LogP contribution in [-0.2, 0) is 6.42 Å². The van der Waals surface area contributed by atoms with Crippen molar-refractivity contribution in [2.24, 2.45) is 0 Å². The van der Waals surface area contributed by atoms with Gasteiger partial charge in [-0.1, -0.05) is 13.8 Å². The Morgan fingerprint density at radius 1 is 1.33 bits per heavy atom. The van der Waals surface area contributed by atoms with Gasteiger partial charge in [-0.05, 0) is 26.7 Å². The van der Waals surface area contributed by atoms with Crippen LogP contribution in [0.25, 0.3) is 0 Å². The molecular formula is C11H19N3O. The Labute approximate surface area is 90.9 Å². The van der Waals surface area contributed by atoms with E-state index in [0.717, 1.165) is 18.4 Å². The number of nitrogens with two attached hydrogens (primary N) is 1. The van der Waals surface area contributed by atoms with Crippen LogP contribution in [0.3, 0.4) is 0 Å². The van der Waals surface area contributed by atoms with Crippen LogP contribution in [-0.4, -0.2) is 15.6 Å². The van der Waals surface area contributed by atoms with E-state index in [-0.39, 0.29) is 5.60 Å². The third kappa shape index (κ3) is 2.81. The van der Waals surface area contributed by atoms with Gasteiger partial charge in [-0.25, -0.2) is 9.97 Å². The number of hydrogen-bond donors (Lipinski definition) is 1. The SMILES string of the molecule is CCc1c(N)ncnc1OC(C)(C)CC. The van der Waals surface area contributed by atoms with Crippen molar-refractivity contribution < 1.29 is 4.74 Å². The maximum absolute atomic E-state index is 5.82. The predicted molar refractivity (Wildman–Crippen MR) is 60.8 cm³/mol. The van der Waals surface area contributed by atoms with Crippen molar-refractivity contribution in [1.29, 1.82) is 0 Å². The molecule has 4 nitrogen and oxygen atoms in total. The summed E-state index contributed by atoms with van der Waals surface area (Å²) in [5.41, 5.74) is 6.43. The molecule has 1 aromatic rings. The van der Waals surface area contributed by atoms with Crippen LogP contribution in [0.5, 0.6) is 5.88 Å². The highest BCUT2D eigenvalue weighted by atomic mass is 16.5. The van der Waals surface area contributed by atoms with Crippen molar-refractivity contribution in [3.05, 3.63) is 11.9 Å². The molecule has 0 amide bonds. The number of nitrogen functional groups attached to an aromatic ring is 1. The zero-order valence-electron chi connectivity index (χ0n) is 9.87. The third-order valence-electron chi connectivity index (χ3n) is 2.52. The fourth-order valence-corrected chi connectivity index (χ4v) is 1.16. The summed E-state index contributed by atoms with van der Waals surface area (Å²) in [5, 5.41) is 0. The zero-order chi connectivity index (χ0) is 11.5. The van der Waals surface area contributed by atoms with Gasteiger partial charge in [-0.3, -0.25) is 0 Å².